The predicted octanol–water partition coefficient (Wildman–Crippen LogP) is 3.23. The number of rotatable bonds is 2. The molecule has 0 aliphatic carbocycles. The SMILES string of the molecule is O=Cc1nc2ccccc2nc1C(Br)Br. The van der Waals surface area contributed by atoms with Crippen molar-refractivity contribution < 1.29 is 4.79 Å². The maximum absolute atomic E-state index is 10.8. The molecule has 0 radical (unpaired) electrons. The molecule has 5 heteroatoms. The minimum Gasteiger partial charge on any atom is -0.296 e. The van der Waals surface area contributed by atoms with Gasteiger partial charge in [-0.25, -0.2) is 9.97 Å². The second-order valence-corrected chi connectivity index (χ2v) is 5.96. The molecule has 0 N–H and O–H groups in total. The van der Waals surface area contributed by atoms with E-state index in [0.29, 0.717) is 17.7 Å². The highest BCUT2D eigenvalue weighted by molar-refractivity contribution is 9.24. The highest BCUT2D eigenvalue weighted by Crippen LogP contribution is 2.29. The van der Waals surface area contributed by atoms with Crippen molar-refractivity contribution in [3.8, 4) is 0 Å². The summed E-state index contributed by atoms with van der Waals surface area (Å²) in [6, 6.07) is 7.45. The van der Waals surface area contributed by atoms with E-state index in [4.69, 9.17) is 0 Å². The van der Waals surface area contributed by atoms with Gasteiger partial charge in [-0.3, -0.25) is 4.79 Å². The lowest BCUT2D eigenvalue weighted by Gasteiger charge is -2.05. The highest BCUT2D eigenvalue weighted by atomic mass is 79.9. The lowest BCUT2D eigenvalue weighted by atomic mass is 10.2. The molecule has 3 nitrogen and oxygen atoms in total. The zero-order valence-corrected chi connectivity index (χ0v) is 10.7. The van der Waals surface area contributed by atoms with Crippen LogP contribution in [-0.4, -0.2) is 16.3 Å². The van der Waals surface area contributed by atoms with Crippen molar-refractivity contribution in [1.82, 2.24) is 9.97 Å². The Morgan fingerprint density at radius 2 is 1.73 bits per heavy atom. The predicted molar refractivity (Wildman–Crippen MR) is 65.5 cm³/mol. The van der Waals surface area contributed by atoms with Gasteiger partial charge in [0.1, 0.15) is 9.43 Å². The second kappa shape index (κ2) is 4.37. The van der Waals surface area contributed by atoms with Gasteiger partial charge in [-0.05, 0) is 12.1 Å². The molecule has 1 aromatic heterocycles. The fourth-order valence-electron chi connectivity index (χ4n) is 1.27. The van der Waals surface area contributed by atoms with Crippen LogP contribution in [0.3, 0.4) is 0 Å². The molecular weight excluding hydrogens is 324 g/mol. The van der Waals surface area contributed by atoms with Crippen LogP contribution in [0.5, 0.6) is 0 Å². The van der Waals surface area contributed by atoms with Gasteiger partial charge in [-0.15, -0.1) is 0 Å². The van der Waals surface area contributed by atoms with Crippen LogP contribution < -0.4 is 0 Å². The molecule has 0 aliphatic heterocycles. The number of halogens is 2. The molecular formula is C10H6Br2N2O. The molecule has 0 aliphatic rings. The summed E-state index contributed by atoms with van der Waals surface area (Å²) >= 11 is 6.63. The van der Waals surface area contributed by atoms with E-state index in [1.165, 1.54) is 0 Å². The first-order valence-electron chi connectivity index (χ1n) is 4.22. The first-order chi connectivity index (χ1) is 7.22. The Kier molecular flexibility index (Phi) is 3.11. The van der Waals surface area contributed by atoms with Gasteiger partial charge in [-0.2, -0.15) is 0 Å². The average Bonchev–Trinajstić information content (AvgIpc) is 2.27. The average molecular weight is 330 g/mol. The smallest absolute Gasteiger partial charge is 0.170 e. The molecule has 76 valence electrons. The number of nitrogens with zero attached hydrogens (tertiary/aromatic N) is 2. The minimum absolute atomic E-state index is 0.165. The van der Waals surface area contributed by atoms with Crippen LogP contribution in [-0.2, 0) is 0 Å². The molecule has 0 bridgehead atoms. The Morgan fingerprint density at radius 3 is 2.27 bits per heavy atom. The second-order valence-electron chi connectivity index (χ2n) is 2.90. The molecule has 0 spiro atoms. The third-order valence-electron chi connectivity index (χ3n) is 1.94. The van der Waals surface area contributed by atoms with E-state index in [2.05, 4.69) is 41.8 Å². The summed E-state index contributed by atoms with van der Waals surface area (Å²) in [6.07, 6.45) is 0.713. The van der Waals surface area contributed by atoms with E-state index < -0.39 is 0 Å². The quantitative estimate of drug-likeness (QED) is 0.627. The fourth-order valence-corrected chi connectivity index (χ4v) is 1.95. The molecule has 0 fully saturated rings. The minimum atomic E-state index is -0.165. The first-order valence-corrected chi connectivity index (χ1v) is 6.05. The molecule has 0 unspecified atom stereocenters. The van der Waals surface area contributed by atoms with Gasteiger partial charge in [0, 0.05) is 0 Å². The van der Waals surface area contributed by atoms with Gasteiger partial charge in [0.05, 0.1) is 16.7 Å². The van der Waals surface area contributed by atoms with E-state index in [0.717, 1.165) is 11.0 Å². The standard InChI is InChI=1S/C10H6Br2N2O/c11-10(12)9-8(5-15)13-6-3-1-2-4-7(6)14-9/h1-5,10H. The van der Waals surface area contributed by atoms with Gasteiger partial charge >= 0.3 is 0 Å². The van der Waals surface area contributed by atoms with Crippen LogP contribution in [0.15, 0.2) is 24.3 Å². The van der Waals surface area contributed by atoms with E-state index in [9.17, 15) is 4.79 Å². The van der Waals surface area contributed by atoms with Crippen LogP contribution in [0.25, 0.3) is 11.0 Å². The number of carbonyl (C=O) groups is 1. The van der Waals surface area contributed by atoms with E-state index in [1.807, 2.05) is 24.3 Å². The number of hydrogen-bond donors (Lipinski definition) is 0. The van der Waals surface area contributed by atoms with Crippen LogP contribution in [0.1, 0.15) is 19.9 Å². The number of aldehydes is 1. The molecule has 0 atom stereocenters. The molecule has 0 saturated carbocycles. The molecule has 2 aromatic rings. The van der Waals surface area contributed by atoms with E-state index in [-0.39, 0.29) is 3.74 Å². The van der Waals surface area contributed by atoms with Crippen LogP contribution in [0.4, 0.5) is 0 Å². The zero-order chi connectivity index (χ0) is 10.8. The molecule has 0 amide bonds. The van der Waals surface area contributed by atoms with Crippen molar-refractivity contribution in [3.63, 3.8) is 0 Å². The van der Waals surface area contributed by atoms with Crippen LogP contribution in [0, 0.1) is 0 Å². The summed E-state index contributed by atoms with van der Waals surface area (Å²) in [4.78, 5) is 19.4. The first kappa shape index (κ1) is 10.7. The monoisotopic (exact) mass is 328 g/mol. The summed E-state index contributed by atoms with van der Waals surface area (Å²) in [5.74, 6) is 0. The van der Waals surface area contributed by atoms with Crippen LogP contribution >= 0.6 is 31.9 Å². The Hall–Kier alpha value is -0.810. The summed E-state index contributed by atoms with van der Waals surface area (Å²) < 4.78 is -0.165. The lowest BCUT2D eigenvalue weighted by molar-refractivity contribution is 0.111. The van der Waals surface area contributed by atoms with Crippen LogP contribution in [0.2, 0.25) is 0 Å². The number of fused-ring (bicyclic) bond motifs is 1. The highest BCUT2D eigenvalue weighted by Gasteiger charge is 2.13. The lowest BCUT2D eigenvalue weighted by Crippen LogP contribution is -2.00. The van der Waals surface area contributed by atoms with Crippen molar-refractivity contribution in [3.05, 3.63) is 35.7 Å². The van der Waals surface area contributed by atoms with Crippen molar-refractivity contribution in [2.24, 2.45) is 0 Å². The van der Waals surface area contributed by atoms with Crippen molar-refractivity contribution in [2.45, 2.75) is 3.74 Å². The van der Waals surface area contributed by atoms with E-state index >= 15 is 0 Å². The molecule has 1 heterocycles. The van der Waals surface area contributed by atoms with Crippen molar-refractivity contribution in [2.75, 3.05) is 0 Å². The number of alkyl halides is 2. The third-order valence-corrected chi connectivity index (χ3v) is 2.81. The van der Waals surface area contributed by atoms with Gasteiger partial charge in [-0.1, -0.05) is 44.0 Å². The molecule has 0 saturated heterocycles. The number of para-hydroxylation sites is 2. The number of benzene rings is 1. The van der Waals surface area contributed by atoms with E-state index in [1.54, 1.807) is 0 Å². The Balaban J connectivity index is 2.74. The normalized spacial score (nSPS) is 10.9. The fraction of sp³-hybridized carbons (Fsp3) is 0.100. The van der Waals surface area contributed by atoms with Gasteiger partial charge in [0.15, 0.2) is 6.29 Å². The number of hydrogen-bond acceptors (Lipinski definition) is 3. The maximum atomic E-state index is 10.8. The number of aromatic nitrogens is 2. The summed E-state index contributed by atoms with van der Waals surface area (Å²) in [7, 11) is 0. The summed E-state index contributed by atoms with van der Waals surface area (Å²) in [5.41, 5.74) is 2.46. The van der Waals surface area contributed by atoms with Gasteiger partial charge in [0.25, 0.3) is 0 Å². The topological polar surface area (TPSA) is 42.9 Å². The van der Waals surface area contributed by atoms with Gasteiger partial charge in [0.2, 0.25) is 0 Å². The maximum Gasteiger partial charge on any atom is 0.170 e. The largest absolute Gasteiger partial charge is 0.296 e. The van der Waals surface area contributed by atoms with Crippen molar-refractivity contribution in [1.29, 1.82) is 0 Å². The number of carbonyl (C=O) groups excluding carboxylic acids is 1. The third kappa shape index (κ3) is 2.08. The van der Waals surface area contributed by atoms with Gasteiger partial charge < -0.3 is 0 Å². The Morgan fingerprint density at radius 1 is 1.13 bits per heavy atom. The molecule has 1 aromatic carbocycles. The molecule has 2 rings (SSSR count). The Labute approximate surface area is 103 Å². The Bertz CT molecular complexity index is 514. The zero-order valence-electron chi connectivity index (χ0n) is 7.52. The summed E-state index contributed by atoms with van der Waals surface area (Å²) in [5, 5.41) is 0. The van der Waals surface area contributed by atoms with Crippen molar-refractivity contribution >= 4 is 49.2 Å². The summed E-state index contributed by atoms with van der Waals surface area (Å²) in [6.45, 7) is 0. The molecule has 15 heavy (non-hydrogen) atoms.